The third-order valence-electron chi connectivity index (χ3n) is 7.81. The molecule has 200 valence electrons. The number of alkyl halides is 5. The van der Waals surface area contributed by atoms with E-state index in [9.17, 15) is 27.6 Å². The number of amides is 3. The smallest absolute Gasteiger partial charge is 0.325 e. The largest absolute Gasteiger partial charge is 0.416 e. The number of carbonyl (C=O) groups excluding carboxylic acids is 3. The number of likely N-dealkylation sites (tertiary alicyclic amines) is 1. The SMILES string of the molecule is O=C(CCN1C(=O)[C@@H]2[C@H](C1=O)C1(Cl)c3ccccc3C2(Cl)c2ccccc21)Nc1cc(C(F)(F)F)ccc1Cl. The first-order valence-corrected chi connectivity index (χ1v) is 13.1. The molecule has 1 saturated heterocycles. The lowest BCUT2D eigenvalue weighted by Crippen LogP contribution is -2.57. The number of imide groups is 1. The van der Waals surface area contributed by atoms with Gasteiger partial charge < -0.3 is 5.32 Å². The highest BCUT2D eigenvalue weighted by Crippen LogP contribution is 2.69. The first-order valence-electron chi connectivity index (χ1n) is 12.0. The Morgan fingerprint density at radius 1 is 0.846 bits per heavy atom. The molecule has 0 saturated carbocycles. The standard InChI is InChI=1S/C28H18Cl3F3N2O3/c29-19-10-9-14(28(32,33)34)13-20(19)35-21(37)11-12-36-24(38)22-23(25(36)39)27(31)16-6-2-1-5-15(16)26(22,30)17-7-3-4-8-18(17)27/h1-10,13,22-23H,11-12H2,(H,35,37)/t22-,23+,26?,27?. The van der Waals surface area contributed by atoms with Gasteiger partial charge in [-0.2, -0.15) is 13.2 Å². The van der Waals surface area contributed by atoms with Crippen LogP contribution >= 0.6 is 34.8 Å². The molecule has 0 spiro atoms. The first kappa shape index (κ1) is 26.2. The minimum absolute atomic E-state index is 0.0871. The number of nitrogens with one attached hydrogen (secondary N) is 1. The van der Waals surface area contributed by atoms with E-state index in [0.717, 1.165) is 23.1 Å². The molecule has 39 heavy (non-hydrogen) atoms. The van der Waals surface area contributed by atoms with Crippen LogP contribution in [0.3, 0.4) is 0 Å². The summed E-state index contributed by atoms with van der Waals surface area (Å²) in [7, 11) is 0. The number of carbonyl (C=O) groups is 3. The lowest BCUT2D eigenvalue weighted by atomic mass is 9.54. The van der Waals surface area contributed by atoms with E-state index < -0.39 is 51.0 Å². The van der Waals surface area contributed by atoms with E-state index in [0.29, 0.717) is 22.3 Å². The lowest BCUT2D eigenvalue weighted by Gasteiger charge is -2.54. The number of benzene rings is 3. The fraction of sp³-hybridized carbons (Fsp3) is 0.250. The van der Waals surface area contributed by atoms with E-state index in [1.807, 2.05) is 0 Å². The van der Waals surface area contributed by atoms with Gasteiger partial charge in [0.15, 0.2) is 0 Å². The van der Waals surface area contributed by atoms with Gasteiger partial charge in [-0.3, -0.25) is 19.3 Å². The number of hydrogen-bond acceptors (Lipinski definition) is 3. The van der Waals surface area contributed by atoms with Crippen molar-refractivity contribution in [1.29, 1.82) is 0 Å². The number of rotatable bonds is 4. The topological polar surface area (TPSA) is 66.5 Å². The van der Waals surface area contributed by atoms with Crippen LogP contribution in [-0.2, 0) is 30.3 Å². The summed E-state index contributed by atoms with van der Waals surface area (Å²) in [5.41, 5.74) is 1.41. The Labute approximate surface area is 235 Å². The maximum atomic E-state index is 13.8. The summed E-state index contributed by atoms with van der Waals surface area (Å²) in [5.74, 6) is -3.84. The maximum absolute atomic E-state index is 13.8. The Balaban J connectivity index is 1.30. The van der Waals surface area contributed by atoms with Gasteiger partial charge in [-0.05, 0) is 40.5 Å². The van der Waals surface area contributed by atoms with E-state index in [1.54, 1.807) is 48.5 Å². The maximum Gasteiger partial charge on any atom is 0.416 e. The highest BCUT2D eigenvalue weighted by Gasteiger charge is 2.72. The zero-order chi connectivity index (χ0) is 27.9. The number of hydrogen-bond donors (Lipinski definition) is 1. The van der Waals surface area contributed by atoms with Gasteiger partial charge >= 0.3 is 6.18 Å². The Morgan fingerprint density at radius 2 is 1.31 bits per heavy atom. The zero-order valence-corrected chi connectivity index (χ0v) is 22.1. The molecule has 3 aromatic rings. The predicted octanol–water partition coefficient (Wildman–Crippen LogP) is 6.28. The van der Waals surface area contributed by atoms with Crippen LogP contribution in [0.5, 0.6) is 0 Å². The molecule has 2 bridgehead atoms. The van der Waals surface area contributed by atoms with E-state index in [2.05, 4.69) is 5.32 Å². The van der Waals surface area contributed by atoms with Gasteiger partial charge in [0.1, 0.15) is 9.75 Å². The molecule has 0 aromatic heterocycles. The van der Waals surface area contributed by atoms with E-state index >= 15 is 0 Å². The van der Waals surface area contributed by atoms with Crippen LogP contribution in [0.2, 0.25) is 5.02 Å². The third-order valence-corrected chi connectivity index (χ3v) is 9.42. The predicted molar refractivity (Wildman–Crippen MR) is 140 cm³/mol. The van der Waals surface area contributed by atoms with Gasteiger partial charge in [-0.15, -0.1) is 23.2 Å². The minimum Gasteiger partial charge on any atom is -0.325 e. The molecule has 1 fully saturated rings. The molecule has 0 unspecified atom stereocenters. The van der Waals surface area contributed by atoms with Crippen molar-refractivity contribution in [2.45, 2.75) is 22.3 Å². The Kier molecular flexibility index (Phi) is 5.85. The van der Waals surface area contributed by atoms with Crippen molar-refractivity contribution in [2.75, 3.05) is 11.9 Å². The Bertz CT molecular complexity index is 1450. The minimum atomic E-state index is -4.63. The molecule has 0 radical (unpaired) electrons. The van der Waals surface area contributed by atoms with Gasteiger partial charge in [0.2, 0.25) is 17.7 Å². The summed E-state index contributed by atoms with van der Waals surface area (Å²) in [5, 5.41) is 2.25. The van der Waals surface area contributed by atoms with Gasteiger partial charge in [0, 0.05) is 13.0 Å². The van der Waals surface area contributed by atoms with Crippen LogP contribution < -0.4 is 5.32 Å². The van der Waals surface area contributed by atoms with Crippen LogP contribution in [0, 0.1) is 11.8 Å². The van der Waals surface area contributed by atoms with Crippen LogP contribution in [0.1, 0.15) is 34.2 Å². The Hall–Kier alpha value is -3.07. The zero-order valence-electron chi connectivity index (χ0n) is 19.9. The third kappa shape index (κ3) is 3.58. The highest BCUT2D eigenvalue weighted by atomic mass is 35.5. The summed E-state index contributed by atoms with van der Waals surface area (Å²) in [4.78, 5) is 38.5. The molecule has 1 heterocycles. The lowest BCUT2D eigenvalue weighted by molar-refractivity contribution is -0.140. The fourth-order valence-electron chi connectivity index (χ4n) is 6.17. The van der Waals surface area contributed by atoms with Gasteiger partial charge in [-0.25, -0.2) is 0 Å². The van der Waals surface area contributed by atoms with Crippen LogP contribution in [0.25, 0.3) is 0 Å². The van der Waals surface area contributed by atoms with Gasteiger partial charge in [0.05, 0.1) is 28.1 Å². The molecule has 7 rings (SSSR count). The van der Waals surface area contributed by atoms with Crippen molar-refractivity contribution >= 4 is 58.2 Å². The normalized spacial score (nSPS) is 26.8. The second-order valence-corrected chi connectivity index (χ2v) is 11.4. The molecule has 3 amide bonds. The second kappa shape index (κ2) is 8.71. The van der Waals surface area contributed by atoms with Gasteiger partial charge in [0.25, 0.3) is 0 Å². The molecule has 1 aliphatic heterocycles. The highest BCUT2D eigenvalue weighted by molar-refractivity contribution is 6.36. The molecule has 2 atom stereocenters. The molecule has 3 aliphatic carbocycles. The van der Waals surface area contributed by atoms with Crippen molar-refractivity contribution in [3.8, 4) is 0 Å². The summed E-state index contributed by atoms with van der Waals surface area (Å²) >= 11 is 20.7. The second-order valence-electron chi connectivity index (χ2n) is 9.79. The average Bonchev–Trinajstić information content (AvgIpc) is 3.17. The van der Waals surface area contributed by atoms with Crippen molar-refractivity contribution in [1.82, 2.24) is 4.90 Å². The average molecular weight is 594 g/mol. The molecular formula is C28H18Cl3F3N2O3. The molecule has 3 aromatic carbocycles. The molecule has 5 nitrogen and oxygen atoms in total. The quantitative estimate of drug-likeness (QED) is 0.286. The van der Waals surface area contributed by atoms with E-state index in [4.69, 9.17) is 34.8 Å². The molecule has 11 heteroatoms. The molecular weight excluding hydrogens is 576 g/mol. The first-order chi connectivity index (χ1) is 18.4. The fourth-order valence-corrected chi connectivity index (χ4v) is 7.43. The molecule has 4 aliphatic rings. The Morgan fingerprint density at radius 3 is 1.74 bits per heavy atom. The van der Waals surface area contributed by atoms with Crippen LogP contribution in [0.15, 0.2) is 66.7 Å². The van der Waals surface area contributed by atoms with E-state index in [-0.39, 0.29) is 23.7 Å². The summed E-state index contributed by atoms with van der Waals surface area (Å²) in [6.07, 6.45) is -4.99. The molecule has 1 N–H and O–H groups in total. The summed E-state index contributed by atoms with van der Waals surface area (Å²) in [6.45, 7) is -0.306. The monoisotopic (exact) mass is 592 g/mol. The number of anilines is 1. The van der Waals surface area contributed by atoms with Crippen LogP contribution in [0.4, 0.5) is 18.9 Å². The van der Waals surface area contributed by atoms with E-state index in [1.165, 1.54) is 0 Å². The van der Waals surface area contributed by atoms with Crippen molar-refractivity contribution in [3.05, 3.63) is 99.6 Å². The van der Waals surface area contributed by atoms with Crippen molar-refractivity contribution in [3.63, 3.8) is 0 Å². The summed E-state index contributed by atoms with van der Waals surface area (Å²) < 4.78 is 39.3. The number of halogens is 6. The number of nitrogens with zero attached hydrogens (tertiary/aromatic N) is 1. The van der Waals surface area contributed by atoms with Crippen molar-refractivity contribution < 1.29 is 27.6 Å². The van der Waals surface area contributed by atoms with Gasteiger partial charge in [-0.1, -0.05) is 60.1 Å². The van der Waals surface area contributed by atoms with Crippen molar-refractivity contribution in [2.24, 2.45) is 11.8 Å². The summed E-state index contributed by atoms with van der Waals surface area (Å²) in [6, 6.07) is 17.0. The van der Waals surface area contributed by atoms with Crippen LogP contribution in [-0.4, -0.2) is 29.2 Å².